The smallest absolute Gasteiger partial charge is 0.227 e. The third-order valence-corrected chi connectivity index (χ3v) is 4.16. The molecule has 0 bridgehead atoms. The number of amides is 1. The Balaban J connectivity index is 1.87. The molecule has 0 aliphatic carbocycles. The van der Waals surface area contributed by atoms with Crippen LogP contribution in [0.15, 0.2) is 30.3 Å². The zero-order valence-corrected chi connectivity index (χ0v) is 12.6. The van der Waals surface area contributed by atoms with Crippen molar-refractivity contribution in [3.8, 4) is 0 Å². The monoisotopic (exact) mass is 274 g/mol. The summed E-state index contributed by atoms with van der Waals surface area (Å²) in [7, 11) is 0. The van der Waals surface area contributed by atoms with Crippen LogP contribution in [0.25, 0.3) is 0 Å². The first-order valence-corrected chi connectivity index (χ1v) is 7.79. The number of piperidine rings is 1. The second-order valence-corrected chi connectivity index (χ2v) is 5.81. The number of carbonyl (C=O) groups is 1. The predicted octanol–water partition coefficient (Wildman–Crippen LogP) is 2.83. The van der Waals surface area contributed by atoms with E-state index in [0.717, 1.165) is 24.9 Å². The van der Waals surface area contributed by atoms with E-state index in [4.69, 9.17) is 0 Å². The Hall–Kier alpha value is -1.35. The van der Waals surface area contributed by atoms with Gasteiger partial charge in [-0.15, -0.1) is 0 Å². The van der Waals surface area contributed by atoms with Crippen molar-refractivity contribution in [2.75, 3.05) is 6.54 Å². The second kappa shape index (κ2) is 7.44. The van der Waals surface area contributed by atoms with Gasteiger partial charge in [-0.3, -0.25) is 4.79 Å². The average Bonchev–Trinajstić information content (AvgIpc) is 2.47. The van der Waals surface area contributed by atoms with Gasteiger partial charge in [0.05, 0.1) is 5.92 Å². The van der Waals surface area contributed by atoms with E-state index in [0.29, 0.717) is 12.1 Å². The molecule has 3 nitrogen and oxygen atoms in total. The van der Waals surface area contributed by atoms with E-state index in [1.54, 1.807) is 0 Å². The molecule has 3 heteroatoms. The Morgan fingerprint density at radius 1 is 1.35 bits per heavy atom. The van der Waals surface area contributed by atoms with Gasteiger partial charge in [-0.25, -0.2) is 0 Å². The maximum absolute atomic E-state index is 12.4. The summed E-state index contributed by atoms with van der Waals surface area (Å²) in [6, 6.07) is 11.0. The number of nitrogens with one attached hydrogen (secondary N) is 2. The van der Waals surface area contributed by atoms with E-state index in [1.807, 2.05) is 30.3 Å². The molecule has 1 saturated heterocycles. The lowest BCUT2D eigenvalue weighted by Gasteiger charge is -2.29. The van der Waals surface area contributed by atoms with Crippen molar-refractivity contribution in [2.45, 2.75) is 57.5 Å². The zero-order chi connectivity index (χ0) is 14.4. The third kappa shape index (κ3) is 4.07. The van der Waals surface area contributed by atoms with Gasteiger partial charge >= 0.3 is 0 Å². The summed E-state index contributed by atoms with van der Waals surface area (Å²) in [6.45, 7) is 5.03. The summed E-state index contributed by atoms with van der Waals surface area (Å²) in [5, 5.41) is 6.67. The molecule has 110 valence electrons. The molecule has 20 heavy (non-hydrogen) atoms. The van der Waals surface area contributed by atoms with Gasteiger partial charge in [-0.1, -0.05) is 43.7 Å². The lowest BCUT2D eigenvalue weighted by Crippen LogP contribution is -2.47. The van der Waals surface area contributed by atoms with E-state index in [1.165, 1.54) is 12.8 Å². The highest BCUT2D eigenvalue weighted by molar-refractivity contribution is 5.83. The van der Waals surface area contributed by atoms with Crippen LogP contribution in [0, 0.1) is 0 Å². The third-order valence-electron chi connectivity index (χ3n) is 4.16. The Kier molecular flexibility index (Phi) is 5.60. The van der Waals surface area contributed by atoms with Gasteiger partial charge in [0.25, 0.3) is 0 Å². The first-order chi connectivity index (χ1) is 9.70. The van der Waals surface area contributed by atoms with Gasteiger partial charge in [0.1, 0.15) is 0 Å². The standard InChI is InChI=1S/C17H26N2O/c1-3-16(14-9-5-4-6-10-14)17(20)18-12-15-11-7-8-13(2)19-15/h4-6,9-10,13,15-16,19H,3,7-8,11-12H2,1-2H3,(H,18,20). The van der Waals surface area contributed by atoms with E-state index in [2.05, 4.69) is 24.5 Å². The highest BCUT2D eigenvalue weighted by atomic mass is 16.1. The summed E-state index contributed by atoms with van der Waals surface area (Å²) in [5.74, 6) is 0.121. The molecule has 1 fully saturated rings. The first-order valence-electron chi connectivity index (χ1n) is 7.79. The van der Waals surface area contributed by atoms with Crippen LogP contribution < -0.4 is 10.6 Å². The Morgan fingerprint density at radius 2 is 2.10 bits per heavy atom. The summed E-state index contributed by atoms with van der Waals surface area (Å²) >= 11 is 0. The number of hydrogen-bond acceptors (Lipinski definition) is 2. The molecule has 1 aromatic rings. The van der Waals surface area contributed by atoms with Crippen LogP contribution >= 0.6 is 0 Å². The summed E-state index contributed by atoms with van der Waals surface area (Å²) in [6.07, 6.45) is 4.49. The van der Waals surface area contributed by atoms with E-state index < -0.39 is 0 Å². The fourth-order valence-corrected chi connectivity index (χ4v) is 3.01. The minimum Gasteiger partial charge on any atom is -0.354 e. The maximum atomic E-state index is 12.4. The van der Waals surface area contributed by atoms with Crippen LogP contribution in [0.5, 0.6) is 0 Å². The van der Waals surface area contributed by atoms with Crippen molar-refractivity contribution >= 4 is 5.91 Å². The first kappa shape index (κ1) is 15.0. The van der Waals surface area contributed by atoms with Crippen LogP contribution in [0.4, 0.5) is 0 Å². The number of benzene rings is 1. The van der Waals surface area contributed by atoms with Crippen LogP contribution in [-0.4, -0.2) is 24.5 Å². The van der Waals surface area contributed by atoms with Gasteiger partial charge in [-0.05, 0) is 31.7 Å². The lowest BCUT2D eigenvalue weighted by atomic mass is 9.95. The van der Waals surface area contributed by atoms with Gasteiger partial charge in [0.2, 0.25) is 5.91 Å². The topological polar surface area (TPSA) is 41.1 Å². The normalized spacial score (nSPS) is 24.1. The van der Waals surface area contributed by atoms with Crippen molar-refractivity contribution in [1.82, 2.24) is 10.6 Å². The minimum absolute atomic E-state index is 0.0304. The fraction of sp³-hybridized carbons (Fsp3) is 0.588. The average molecular weight is 274 g/mol. The largest absolute Gasteiger partial charge is 0.354 e. The van der Waals surface area contributed by atoms with Crippen molar-refractivity contribution in [3.63, 3.8) is 0 Å². The van der Waals surface area contributed by atoms with E-state index in [9.17, 15) is 4.79 Å². The number of rotatable bonds is 5. The van der Waals surface area contributed by atoms with Crippen molar-refractivity contribution in [3.05, 3.63) is 35.9 Å². The molecular formula is C17H26N2O. The molecule has 1 heterocycles. The zero-order valence-electron chi connectivity index (χ0n) is 12.6. The van der Waals surface area contributed by atoms with Gasteiger partial charge in [0.15, 0.2) is 0 Å². The van der Waals surface area contributed by atoms with Crippen molar-refractivity contribution in [1.29, 1.82) is 0 Å². The molecule has 1 aliphatic rings. The molecule has 3 unspecified atom stereocenters. The number of hydrogen-bond donors (Lipinski definition) is 2. The molecule has 0 radical (unpaired) electrons. The molecule has 0 aromatic heterocycles. The molecule has 1 aliphatic heterocycles. The van der Waals surface area contributed by atoms with Crippen molar-refractivity contribution < 1.29 is 4.79 Å². The second-order valence-electron chi connectivity index (χ2n) is 5.81. The molecule has 2 rings (SSSR count). The molecule has 1 aromatic carbocycles. The molecular weight excluding hydrogens is 248 g/mol. The van der Waals surface area contributed by atoms with Crippen LogP contribution in [0.3, 0.4) is 0 Å². The van der Waals surface area contributed by atoms with Crippen LogP contribution in [0.1, 0.15) is 51.0 Å². The van der Waals surface area contributed by atoms with Crippen LogP contribution in [0.2, 0.25) is 0 Å². The Bertz CT molecular complexity index is 418. The Labute approximate surface area is 122 Å². The lowest BCUT2D eigenvalue weighted by molar-refractivity contribution is -0.122. The molecule has 0 saturated carbocycles. The van der Waals surface area contributed by atoms with Crippen molar-refractivity contribution in [2.24, 2.45) is 0 Å². The quantitative estimate of drug-likeness (QED) is 0.867. The summed E-state index contributed by atoms with van der Waals surface area (Å²) in [4.78, 5) is 12.4. The predicted molar refractivity (Wildman–Crippen MR) is 82.7 cm³/mol. The minimum atomic E-state index is -0.0304. The highest BCUT2D eigenvalue weighted by Crippen LogP contribution is 2.19. The fourth-order valence-electron chi connectivity index (χ4n) is 3.01. The highest BCUT2D eigenvalue weighted by Gasteiger charge is 2.21. The molecule has 1 amide bonds. The maximum Gasteiger partial charge on any atom is 0.227 e. The van der Waals surface area contributed by atoms with Gasteiger partial charge in [0, 0.05) is 18.6 Å². The molecule has 3 atom stereocenters. The summed E-state index contributed by atoms with van der Waals surface area (Å²) < 4.78 is 0. The van der Waals surface area contributed by atoms with Gasteiger partial charge < -0.3 is 10.6 Å². The van der Waals surface area contributed by atoms with E-state index >= 15 is 0 Å². The Morgan fingerprint density at radius 3 is 2.75 bits per heavy atom. The molecule has 0 spiro atoms. The van der Waals surface area contributed by atoms with E-state index in [-0.39, 0.29) is 11.8 Å². The summed E-state index contributed by atoms with van der Waals surface area (Å²) in [5.41, 5.74) is 1.11. The molecule has 2 N–H and O–H groups in total. The van der Waals surface area contributed by atoms with Crippen LogP contribution in [-0.2, 0) is 4.79 Å². The number of carbonyl (C=O) groups excluding carboxylic acids is 1. The van der Waals surface area contributed by atoms with Gasteiger partial charge in [-0.2, -0.15) is 0 Å². The SMILES string of the molecule is CCC(C(=O)NCC1CCCC(C)N1)c1ccccc1.